The summed E-state index contributed by atoms with van der Waals surface area (Å²) in [6, 6.07) is 4.91. The summed E-state index contributed by atoms with van der Waals surface area (Å²) in [4.78, 5) is 21.4. The highest BCUT2D eigenvalue weighted by molar-refractivity contribution is 5.97. The van der Waals surface area contributed by atoms with Gasteiger partial charge in [-0.05, 0) is 48.9 Å². The summed E-state index contributed by atoms with van der Waals surface area (Å²) in [6.45, 7) is 6.91. The maximum Gasteiger partial charge on any atom is 0.274 e. The molecular formula is C24H28FN7O. The molecule has 1 unspecified atom stereocenters. The maximum absolute atomic E-state index is 14.9. The molecule has 2 aromatic heterocycles. The van der Waals surface area contributed by atoms with E-state index >= 15 is 0 Å². The van der Waals surface area contributed by atoms with E-state index in [4.69, 9.17) is 5.73 Å². The van der Waals surface area contributed by atoms with E-state index in [-0.39, 0.29) is 34.2 Å². The number of nitrogens with one attached hydrogen (secondary N) is 2. The van der Waals surface area contributed by atoms with Gasteiger partial charge in [-0.1, -0.05) is 19.9 Å². The molecule has 0 bridgehead atoms. The van der Waals surface area contributed by atoms with E-state index < -0.39 is 11.7 Å². The second-order valence-electron chi connectivity index (χ2n) is 9.70. The monoisotopic (exact) mass is 449 g/mol. The molecule has 1 atom stereocenters. The molecule has 0 aliphatic carbocycles. The third kappa shape index (κ3) is 4.20. The van der Waals surface area contributed by atoms with Crippen LogP contribution in [0.2, 0.25) is 0 Å². The van der Waals surface area contributed by atoms with Gasteiger partial charge in [-0.2, -0.15) is 5.10 Å². The number of nitrogens with two attached hydrogens (primary N) is 1. The zero-order chi connectivity index (χ0) is 23.2. The molecule has 4 N–H and O–H groups in total. The molecule has 0 spiro atoms. The number of amides is 1. The van der Waals surface area contributed by atoms with Crippen LogP contribution in [-0.2, 0) is 13.0 Å². The summed E-state index contributed by atoms with van der Waals surface area (Å²) in [5.41, 5.74) is 9.60. The van der Waals surface area contributed by atoms with Crippen molar-refractivity contribution in [3.05, 3.63) is 47.8 Å². The van der Waals surface area contributed by atoms with Crippen LogP contribution in [0.1, 0.15) is 42.9 Å². The van der Waals surface area contributed by atoms with Gasteiger partial charge in [-0.3, -0.25) is 9.48 Å². The number of hydrogen-bond acceptors (Lipinski definition) is 6. The standard InChI is InChI=1S/C24H28FN7O/c1-24(2)9-20-17(11-29-32(20)13-24)14-5-6-18(25)16(8-14)19-12-28-22(26)21(31-19)23(33)30-15-4-3-7-27-10-15/h5-6,8,11-12,15,27H,3-4,7,9-10,13H2,1-2H3,(H2,26,28)(H,30,33). The number of fused-ring (bicyclic) bond motifs is 1. The van der Waals surface area contributed by atoms with E-state index in [9.17, 15) is 9.18 Å². The fourth-order valence-corrected chi connectivity index (χ4v) is 4.70. The molecule has 1 aromatic carbocycles. The molecule has 0 radical (unpaired) electrons. The largest absolute Gasteiger partial charge is 0.382 e. The van der Waals surface area contributed by atoms with E-state index in [1.165, 1.54) is 12.3 Å². The molecule has 2 aliphatic rings. The molecule has 172 valence electrons. The highest BCUT2D eigenvalue weighted by Crippen LogP contribution is 2.38. The molecule has 1 saturated heterocycles. The molecule has 5 rings (SSSR count). The highest BCUT2D eigenvalue weighted by Gasteiger charge is 2.31. The number of halogens is 1. The van der Waals surface area contributed by atoms with E-state index in [0.29, 0.717) is 6.54 Å². The Morgan fingerprint density at radius 3 is 2.94 bits per heavy atom. The van der Waals surface area contributed by atoms with Gasteiger partial charge in [0.25, 0.3) is 5.91 Å². The lowest BCUT2D eigenvalue weighted by Gasteiger charge is -2.23. The van der Waals surface area contributed by atoms with E-state index in [2.05, 4.69) is 39.5 Å². The normalized spacial score (nSPS) is 19.3. The summed E-state index contributed by atoms with van der Waals surface area (Å²) < 4.78 is 16.9. The minimum absolute atomic E-state index is 0.00450. The minimum atomic E-state index is -0.440. The highest BCUT2D eigenvalue weighted by atomic mass is 19.1. The Balaban J connectivity index is 1.47. The van der Waals surface area contributed by atoms with Crippen molar-refractivity contribution in [3.8, 4) is 22.4 Å². The van der Waals surface area contributed by atoms with Crippen molar-refractivity contribution in [2.75, 3.05) is 18.8 Å². The number of hydrogen-bond donors (Lipinski definition) is 3. The Bertz CT molecular complexity index is 1210. The van der Waals surface area contributed by atoms with Gasteiger partial charge in [-0.25, -0.2) is 14.4 Å². The number of nitrogens with zero attached hydrogens (tertiary/aromatic N) is 4. The fraction of sp³-hybridized carbons (Fsp3) is 0.417. The van der Waals surface area contributed by atoms with Gasteiger partial charge in [0.05, 0.1) is 18.1 Å². The average Bonchev–Trinajstić information content (AvgIpc) is 3.30. The Morgan fingerprint density at radius 2 is 2.15 bits per heavy atom. The quantitative estimate of drug-likeness (QED) is 0.565. The van der Waals surface area contributed by atoms with Crippen LogP contribution in [0.4, 0.5) is 10.2 Å². The van der Waals surface area contributed by atoms with E-state index in [0.717, 1.165) is 49.2 Å². The van der Waals surface area contributed by atoms with Gasteiger partial charge in [0.15, 0.2) is 11.5 Å². The number of aromatic nitrogens is 4. The number of anilines is 1. The van der Waals surface area contributed by atoms with Gasteiger partial charge in [0.1, 0.15) is 5.82 Å². The van der Waals surface area contributed by atoms with E-state index in [1.807, 2.05) is 10.9 Å². The van der Waals surface area contributed by atoms with Crippen LogP contribution in [-0.4, -0.2) is 44.8 Å². The average molecular weight is 450 g/mol. The molecule has 33 heavy (non-hydrogen) atoms. The Labute approximate surface area is 191 Å². The van der Waals surface area contributed by atoms with Crippen molar-refractivity contribution >= 4 is 11.7 Å². The summed E-state index contributed by atoms with van der Waals surface area (Å²) in [6.07, 6.45) is 6.00. The smallest absolute Gasteiger partial charge is 0.274 e. The molecule has 8 nitrogen and oxygen atoms in total. The first-order valence-corrected chi connectivity index (χ1v) is 11.3. The third-order valence-electron chi connectivity index (χ3n) is 6.37. The fourth-order valence-electron chi connectivity index (χ4n) is 4.70. The third-order valence-corrected chi connectivity index (χ3v) is 6.37. The van der Waals surface area contributed by atoms with Gasteiger partial charge in [-0.15, -0.1) is 0 Å². The molecule has 0 saturated carbocycles. The number of rotatable bonds is 4. The Kier molecular flexibility index (Phi) is 5.36. The minimum Gasteiger partial charge on any atom is -0.382 e. The summed E-state index contributed by atoms with van der Waals surface area (Å²) in [7, 11) is 0. The van der Waals surface area contributed by atoms with E-state index in [1.54, 1.807) is 12.1 Å². The molecule has 2 aliphatic heterocycles. The molecular weight excluding hydrogens is 421 g/mol. The number of carbonyl (C=O) groups excluding carboxylic acids is 1. The predicted molar refractivity (Wildman–Crippen MR) is 124 cm³/mol. The summed E-state index contributed by atoms with van der Waals surface area (Å²) in [5, 5.41) is 10.7. The van der Waals surface area contributed by atoms with Crippen molar-refractivity contribution in [1.29, 1.82) is 0 Å². The molecule has 4 heterocycles. The lowest BCUT2D eigenvalue weighted by Crippen LogP contribution is -2.46. The van der Waals surface area contributed by atoms with Crippen molar-refractivity contribution in [1.82, 2.24) is 30.4 Å². The van der Waals surface area contributed by atoms with Gasteiger partial charge in [0.2, 0.25) is 0 Å². The SMILES string of the molecule is CC1(C)Cc2c(-c3ccc(F)c(-c4cnc(N)c(C(=O)NC5CCCNC5)n4)c3)cnn2C1. The first kappa shape index (κ1) is 21.5. The van der Waals surface area contributed by atoms with Gasteiger partial charge >= 0.3 is 0 Å². The zero-order valence-corrected chi connectivity index (χ0v) is 18.9. The van der Waals surface area contributed by atoms with Crippen LogP contribution < -0.4 is 16.4 Å². The van der Waals surface area contributed by atoms with Crippen LogP contribution in [0, 0.1) is 11.2 Å². The van der Waals surface area contributed by atoms with Gasteiger partial charge < -0.3 is 16.4 Å². The van der Waals surface area contributed by atoms with Crippen molar-refractivity contribution in [2.45, 2.75) is 45.7 Å². The number of carbonyl (C=O) groups is 1. The van der Waals surface area contributed by atoms with Crippen LogP contribution in [0.3, 0.4) is 0 Å². The topological polar surface area (TPSA) is 111 Å². The lowest BCUT2D eigenvalue weighted by molar-refractivity contribution is 0.0926. The van der Waals surface area contributed by atoms with Crippen LogP contribution >= 0.6 is 0 Å². The lowest BCUT2D eigenvalue weighted by atomic mass is 9.89. The van der Waals surface area contributed by atoms with Crippen molar-refractivity contribution in [2.24, 2.45) is 5.41 Å². The second-order valence-corrected chi connectivity index (χ2v) is 9.70. The Hall–Kier alpha value is -3.33. The molecule has 1 fully saturated rings. The van der Waals surface area contributed by atoms with Crippen molar-refractivity contribution in [3.63, 3.8) is 0 Å². The number of piperidine rings is 1. The second kappa shape index (κ2) is 8.22. The Morgan fingerprint density at radius 1 is 1.30 bits per heavy atom. The zero-order valence-electron chi connectivity index (χ0n) is 18.9. The van der Waals surface area contributed by atoms with Gasteiger partial charge in [0, 0.05) is 36.0 Å². The van der Waals surface area contributed by atoms with Crippen molar-refractivity contribution < 1.29 is 9.18 Å². The summed E-state index contributed by atoms with van der Waals surface area (Å²) >= 11 is 0. The van der Waals surface area contributed by atoms with Crippen LogP contribution in [0.25, 0.3) is 22.4 Å². The molecule has 9 heteroatoms. The maximum atomic E-state index is 14.9. The number of nitrogen functional groups attached to an aromatic ring is 1. The van der Waals surface area contributed by atoms with Crippen LogP contribution in [0.15, 0.2) is 30.6 Å². The predicted octanol–water partition coefficient (Wildman–Crippen LogP) is 2.79. The number of benzene rings is 1. The first-order chi connectivity index (χ1) is 15.8. The molecule has 1 amide bonds. The first-order valence-electron chi connectivity index (χ1n) is 11.3. The summed E-state index contributed by atoms with van der Waals surface area (Å²) in [5.74, 6) is -0.818. The van der Waals surface area contributed by atoms with Crippen LogP contribution in [0.5, 0.6) is 0 Å². The molecule has 3 aromatic rings.